The highest BCUT2D eigenvalue weighted by Crippen LogP contribution is 2.35. The van der Waals surface area contributed by atoms with Gasteiger partial charge < -0.3 is 5.32 Å². The zero-order valence-corrected chi connectivity index (χ0v) is 10.7. The molecule has 3 nitrogen and oxygen atoms in total. The van der Waals surface area contributed by atoms with Crippen molar-refractivity contribution < 1.29 is 4.79 Å². The van der Waals surface area contributed by atoms with Crippen LogP contribution in [0.2, 0.25) is 0 Å². The van der Waals surface area contributed by atoms with Crippen LogP contribution < -0.4 is 5.32 Å². The summed E-state index contributed by atoms with van der Waals surface area (Å²) in [6.45, 7) is 2.03. The Labute approximate surface area is 107 Å². The molecule has 1 aromatic carbocycles. The minimum atomic E-state index is 0.0770. The van der Waals surface area contributed by atoms with Gasteiger partial charge in [0.15, 0.2) is 5.78 Å². The first-order chi connectivity index (χ1) is 8.71. The Morgan fingerprint density at radius 1 is 1.50 bits per heavy atom. The number of Topliss-reactive ketones (excluding diaryl/α,β-unsaturated/α-hetero) is 1. The van der Waals surface area contributed by atoms with Gasteiger partial charge in [0, 0.05) is 24.2 Å². The molecule has 2 rings (SSSR count). The fraction of sp³-hybridized carbons (Fsp3) is 0.333. The number of allylic oxidation sites excluding steroid dienone is 2. The van der Waals surface area contributed by atoms with Gasteiger partial charge in [-0.3, -0.25) is 4.79 Å². The summed E-state index contributed by atoms with van der Waals surface area (Å²) in [6, 6.07) is 9.35. The summed E-state index contributed by atoms with van der Waals surface area (Å²) in [7, 11) is 1.84. The fourth-order valence-corrected chi connectivity index (χ4v) is 2.41. The molecule has 1 aliphatic carbocycles. The molecule has 0 saturated heterocycles. The molecule has 0 heterocycles. The fourth-order valence-electron chi connectivity index (χ4n) is 2.41. The van der Waals surface area contributed by atoms with Crippen LogP contribution in [0.25, 0.3) is 5.57 Å². The van der Waals surface area contributed by atoms with E-state index in [0.29, 0.717) is 5.56 Å². The van der Waals surface area contributed by atoms with E-state index in [1.165, 1.54) is 0 Å². The summed E-state index contributed by atoms with van der Waals surface area (Å²) in [5.41, 5.74) is 3.17. The van der Waals surface area contributed by atoms with Crippen molar-refractivity contribution in [2.45, 2.75) is 19.8 Å². The molecule has 0 aliphatic heterocycles. The Morgan fingerprint density at radius 2 is 2.28 bits per heavy atom. The van der Waals surface area contributed by atoms with Crippen molar-refractivity contribution in [1.82, 2.24) is 5.32 Å². The number of ketones is 1. The van der Waals surface area contributed by atoms with Crippen molar-refractivity contribution in [3.63, 3.8) is 0 Å². The third-order valence-corrected chi connectivity index (χ3v) is 3.44. The lowest BCUT2D eigenvalue weighted by Gasteiger charge is -2.06. The molecule has 0 fully saturated rings. The van der Waals surface area contributed by atoms with Crippen LogP contribution in [0.15, 0.2) is 30.0 Å². The van der Waals surface area contributed by atoms with E-state index < -0.39 is 0 Å². The second-order valence-corrected chi connectivity index (χ2v) is 4.47. The number of carbonyl (C=O) groups excluding carboxylic acids is 1. The number of nitrogens with zero attached hydrogens (tertiary/aromatic N) is 1. The summed E-state index contributed by atoms with van der Waals surface area (Å²) in [5, 5.41) is 12.0. The Morgan fingerprint density at radius 3 is 2.89 bits per heavy atom. The van der Waals surface area contributed by atoms with E-state index in [1.807, 2.05) is 26.1 Å². The smallest absolute Gasteiger partial charge is 0.168 e. The van der Waals surface area contributed by atoms with Gasteiger partial charge in [-0.05, 0) is 30.5 Å². The lowest BCUT2D eigenvalue weighted by atomic mass is 9.96. The van der Waals surface area contributed by atoms with Crippen molar-refractivity contribution in [3.8, 4) is 6.07 Å². The van der Waals surface area contributed by atoms with Crippen LogP contribution >= 0.6 is 0 Å². The molecule has 1 N–H and O–H groups in total. The van der Waals surface area contributed by atoms with E-state index in [-0.39, 0.29) is 11.7 Å². The van der Waals surface area contributed by atoms with Crippen LogP contribution in [-0.4, -0.2) is 12.8 Å². The molecule has 0 saturated carbocycles. The van der Waals surface area contributed by atoms with E-state index in [2.05, 4.69) is 11.4 Å². The van der Waals surface area contributed by atoms with Gasteiger partial charge in [-0.2, -0.15) is 5.26 Å². The molecular formula is C15H16N2O. The maximum atomic E-state index is 12.3. The summed E-state index contributed by atoms with van der Waals surface area (Å²) >= 11 is 0. The van der Waals surface area contributed by atoms with E-state index in [0.717, 1.165) is 29.7 Å². The number of nitrogens with one attached hydrogen (secondary N) is 1. The molecule has 0 radical (unpaired) electrons. The largest absolute Gasteiger partial charge is 0.391 e. The molecule has 92 valence electrons. The van der Waals surface area contributed by atoms with Crippen molar-refractivity contribution in [2.24, 2.45) is 5.92 Å². The third kappa shape index (κ3) is 2.02. The minimum Gasteiger partial charge on any atom is -0.391 e. The highest BCUT2D eigenvalue weighted by atomic mass is 16.1. The summed E-state index contributed by atoms with van der Waals surface area (Å²) < 4.78 is 0. The first kappa shape index (κ1) is 12.4. The third-order valence-electron chi connectivity index (χ3n) is 3.44. The summed E-state index contributed by atoms with van der Waals surface area (Å²) in [6.07, 6.45) is 1.63. The van der Waals surface area contributed by atoms with Crippen molar-refractivity contribution in [1.29, 1.82) is 5.26 Å². The highest BCUT2D eigenvalue weighted by molar-refractivity contribution is 6.24. The lowest BCUT2D eigenvalue weighted by Crippen LogP contribution is -2.08. The van der Waals surface area contributed by atoms with Crippen LogP contribution in [-0.2, 0) is 4.79 Å². The van der Waals surface area contributed by atoms with Gasteiger partial charge in [0.1, 0.15) is 0 Å². The van der Waals surface area contributed by atoms with Gasteiger partial charge in [-0.15, -0.1) is 0 Å². The number of hydrogen-bond acceptors (Lipinski definition) is 3. The SMILES string of the molecule is CCC1CC(NC)=C(c2cccc(C#N)c2)C1=O. The van der Waals surface area contributed by atoms with Gasteiger partial charge in [-0.25, -0.2) is 0 Å². The average Bonchev–Trinajstić information content (AvgIpc) is 2.75. The van der Waals surface area contributed by atoms with Crippen molar-refractivity contribution in [2.75, 3.05) is 7.05 Å². The molecule has 0 aromatic heterocycles. The molecule has 0 spiro atoms. The monoisotopic (exact) mass is 240 g/mol. The Hall–Kier alpha value is -2.08. The van der Waals surface area contributed by atoms with Crippen LogP contribution in [0.5, 0.6) is 0 Å². The van der Waals surface area contributed by atoms with Gasteiger partial charge >= 0.3 is 0 Å². The lowest BCUT2D eigenvalue weighted by molar-refractivity contribution is -0.116. The van der Waals surface area contributed by atoms with Gasteiger partial charge in [-0.1, -0.05) is 19.1 Å². The standard InChI is InChI=1S/C15H16N2O/c1-3-11-8-13(17-2)14(15(11)18)12-6-4-5-10(7-12)9-16/h4-7,11,17H,3,8H2,1-2H3. The van der Waals surface area contributed by atoms with Crippen LogP contribution in [0.3, 0.4) is 0 Å². The second kappa shape index (κ2) is 5.05. The molecule has 18 heavy (non-hydrogen) atoms. The Balaban J connectivity index is 2.47. The maximum absolute atomic E-state index is 12.3. The predicted molar refractivity (Wildman–Crippen MR) is 70.5 cm³/mol. The van der Waals surface area contributed by atoms with Crippen LogP contribution in [0.4, 0.5) is 0 Å². The van der Waals surface area contributed by atoms with Crippen molar-refractivity contribution in [3.05, 3.63) is 41.1 Å². The summed E-state index contributed by atoms with van der Waals surface area (Å²) in [5.74, 6) is 0.269. The van der Waals surface area contributed by atoms with E-state index in [9.17, 15) is 4.79 Å². The van der Waals surface area contributed by atoms with E-state index >= 15 is 0 Å². The molecule has 1 unspecified atom stereocenters. The summed E-state index contributed by atoms with van der Waals surface area (Å²) in [4.78, 5) is 12.3. The van der Waals surface area contributed by atoms with Crippen LogP contribution in [0.1, 0.15) is 30.9 Å². The molecule has 0 bridgehead atoms. The molecule has 1 aromatic rings. The van der Waals surface area contributed by atoms with E-state index in [1.54, 1.807) is 12.1 Å². The normalized spacial score (nSPS) is 18.9. The molecule has 0 amide bonds. The number of hydrogen-bond donors (Lipinski definition) is 1. The Kier molecular flexibility index (Phi) is 3.47. The number of nitriles is 1. The maximum Gasteiger partial charge on any atom is 0.168 e. The predicted octanol–water partition coefficient (Wildman–Crippen LogP) is 2.49. The van der Waals surface area contributed by atoms with E-state index in [4.69, 9.17) is 5.26 Å². The highest BCUT2D eigenvalue weighted by Gasteiger charge is 2.32. The topological polar surface area (TPSA) is 52.9 Å². The number of rotatable bonds is 3. The Bertz CT molecular complexity index is 552. The quantitative estimate of drug-likeness (QED) is 0.883. The first-order valence-corrected chi connectivity index (χ1v) is 6.16. The average molecular weight is 240 g/mol. The molecular weight excluding hydrogens is 224 g/mol. The first-order valence-electron chi connectivity index (χ1n) is 6.16. The molecule has 1 atom stereocenters. The molecule has 3 heteroatoms. The number of carbonyl (C=O) groups is 1. The molecule has 1 aliphatic rings. The van der Waals surface area contributed by atoms with Gasteiger partial charge in [0.05, 0.1) is 11.6 Å². The minimum absolute atomic E-state index is 0.0770. The van der Waals surface area contributed by atoms with Gasteiger partial charge in [0.25, 0.3) is 0 Å². The second-order valence-electron chi connectivity index (χ2n) is 4.47. The zero-order valence-electron chi connectivity index (χ0n) is 10.7. The van der Waals surface area contributed by atoms with Gasteiger partial charge in [0.2, 0.25) is 0 Å². The van der Waals surface area contributed by atoms with Crippen molar-refractivity contribution >= 4 is 11.4 Å². The van der Waals surface area contributed by atoms with Crippen LogP contribution in [0, 0.1) is 17.2 Å². The zero-order chi connectivity index (χ0) is 13.1. The number of benzene rings is 1.